The average Bonchev–Trinajstić information content (AvgIpc) is 3.08. The Kier molecular flexibility index (Phi) is 4.85. The first kappa shape index (κ1) is 14.9. The monoisotopic (exact) mass is 295 g/mol. The van der Waals surface area contributed by atoms with Gasteiger partial charge >= 0.3 is 5.97 Å². The van der Waals surface area contributed by atoms with Crippen molar-refractivity contribution in [2.75, 3.05) is 19.6 Å². The summed E-state index contributed by atoms with van der Waals surface area (Å²) in [6, 6.07) is 0. The molecule has 1 saturated heterocycles. The van der Waals surface area contributed by atoms with Crippen LogP contribution in [0.25, 0.3) is 0 Å². The maximum Gasteiger partial charge on any atom is 0.325 e. The number of amides is 2. The number of carboxylic acid groups (broad SMARTS) is 1. The Hall–Kier alpha value is -2.45. The van der Waals surface area contributed by atoms with E-state index < -0.39 is 11.9 Å². The van der Waals surface area contributed by atoms with Gasteiger partial charge in [0.2, 0.25) is 5.91 Å². The summed E-state index contributed by atoms with van der Waals surface area (Å²) in [6.07, 6.45) is 3.57. The molecule has 0 aliphatic carbocycles. The van der Waals surface area contributed by atoms with Crippen molar-refractivity contribution < 1.29 is 19.5 Å². The summed E-state index contributed by atoms with van der Waals surface area (Å²) in [4.78, 5) is 35.8. The summed E-state index contributed by atoms with van der Waals surface area (Å²) >= 11 is 0. The van der Waals surface area contributed by atoms with Crippen molar-refractivity contribution in [1.82, 2.24) is 25.2 Å². The summed E-state index contributed by atoms with van der Waals surface area (Å²) < 4.78 is 1.06. The SMILES string of the molecule is O=C(O)Cn1cc(C(=O)NCCC(=O)N2CCCC2)nn1. The van der Waals surface area contributed by atoms with E-state index in [0.717, 1.165) is 30.6 Å². The van der Waals surface area contributed by atoms with Crippen molar-refractivity contribution in [3.05, 3.63) is 11.9 Å². The van der Waals surface area contributed by atoms with Gasteiger partial charge in [0.25, 0.3) is 5.91 Å². The molecule has 1 aromatic rings. The number of nitrogens with zero attached hydrogens (tertiary/aromatic N) is 4. The topological polar surface area (TPSA) is 117 Å². The molecule has 0 bridgehead atoms. The second kappa shape index (κ2) is 6.82. The lowest BCUT2D eigenvalue weighted by atomic mass is 10.3. The number of carbonyl (C=O) groups is 3. The molecular weight excluding hydrogens is 278 g/mol. The van der Waals surface area contributed by atoms with Crippen molar-refractivity contribution in [3.63, 3.8) is 0 Å². The van der Waals surface area contributed by atoms with Gasteiger partial charge in [-0.15, -0.1) is 5.10 Å². The van der Waals surface area contributed by atoms with E-state index in [0.29, 0.717) is 0 Å². The van der Waals surface area contributed by atoms with Crippen molar-refractivity contribution in [1.29, 1.82) is 0 Å². The molecule has 0 radical (unpaired) electrons. The van der Waals surface area contributed by atoms with E-state index in [1.54, 1.807) is 4.90 Å². The first-order valence-electron chi connectivity index (χ1n) is 6.74. The normalized spacial score (nSPS) is 14.2. The van der Waals surface area contributed by atoms with Crippen molar-refractivity contribution in [2.24, 2.45) is 0 Å². The number of aliphatic carboxylic acids is 1. The molecular formula is C12H17N5O4. The van der Waals surface area contributed by atoms with Crippen LogP contribution in [0, 0.1) is 0 Å². The second-order valence-electron chi connectivity index (χ2n) is 4.79. The Balaban J connectivity index is 1.75. The zero-order valence-electron chi connectivity index (χ0n) is 11.5. The summed E-state index contributed by atoms with van der Waals surface area (Å²) in [5.74, 6) is -1.51. The van der Waals surface area contributed by atoms with Crippen LogP contribution < -0.4 is 5.32 Å². The summed E-state index contributed by atoms with van der Waals surface area (Å²) in [7, 11) is 0. The van der Waals surface area contributed by atoms with E-state index in [9.17, 15) is 14.4 Å². The van der Waals surface area contributed by atoms with Gasteiger partial charge in [-0.3, -0.25) is 14.4 Å². The molecule has 9 nitrogen and oxygen atoms in total. The number of carboxylic acids is 1. The first-order valence-corrected chi connectivity index (χ1v) is 6.74. The Morgan fingerprint density at radius 2 is 2.00 bits per heavy atom. The van der Waals surface area contributed by atoms with Crippen LogP contribution >= 0.6 is 0 Å². The van der Waals surface area contributed by atoms with Crippen LogP contribution in [0.2, 0.25) is 0 Å². The maximum atomic E-state index is 11.8. The third kappa shape index (κ3) is 4.26. The lowest BCUT2D eigenvalue weighted by Gasteiger charge is -2.14. The highest BCUT2D eigenvalue weighted by Crippen LogP contribution is 2.08. The molecule has 2 heterocycles. The zero-order valence-corrected chi connectivity index (χ0v) is 11.5. The van der Waals surface area contributed by atoms with Gasteiger partial charge < -0.3 is 15.3 Å². The molecule has 2 N–H and O–H groups in total. The van der Waals surface area contributed by atoms with Crippen molar-refractivity contribution >= 4 is 17.8 Å². The Bertz CT molecular complexity index is 536. The van der Waals surface area contributed by atoms with Crippen LogP contribution in [-0.4, -0.2) is 62.4 Å². The predicted octanol–water partition coefficient (Wildman–Crippen LogP) is -0.895. The summed E-state index contributed by atoms with van der Waals surface area (Å²) in [5.41, 5.74) is 0.0323. The Labute approximate surface area is 120 Å². The van der Waals surface area contributed by atoms with E-state index in [2.05, 4.69) is 15.6 Å². The fraction of sp³-hybridized carbons (Fsp3) is 0.583. The average molecular weight is 295 g/mol. The largest absolute Gasteiger partial charge is 0.480 e. The number of likely N-dealkylation sites (tertiary alicyclic amines) is 1. The minimum Gasteiger partial charge on any atom is -0.480 e. The van der Waals surface area contributed by atoms with Gasteiger partial charge in [-0.25, -0.2) is 4.68 Å². The first-order chi connectivity index (χ1) is 10.1. The van der Waals surface area contributed by atoms with Gasteiger partial charge in [0.05, 0.1) is 6.20 Å². The molecule has 2 rings (SSSR count). The molecule has 1 aliphatic rings. The molecule has 0 saturated carbocycles. The molecule has 1 fully saturated rings. The smallest absolute Gasteiger partial charge is 0.325 e. The lowest BCUT2D eigenvalue weighted by molar-refractivity contribution is -0.138. The Morgan fingerprint density at radius 3 is 2.67 bits per heavy atom. The molecule has 0 atom stereocenters. The number of hydrogen-bond donors (Lipinski definition) is 2. The van der Waals surface area contributed by atoms with Crippen LogP contribution in [0.5, 0.6) is 0 Å². The third-order valence-corrected chi connectivity index (χ3v) is 3.15. The van der Waals surface area contributed by atoms with E-state index in [1.165, 1.54) is 6.20 Å². The lowest BCUT2D eigenvalue weighted by Crippen LogP contribution is -2.32. The molecule has 0 aromatic carbocycles. The van der Waals surface area contributed by atoms with Crippen molar-refractivity contribution in [3.8, 4) is 0 Å². The predicted molar refractivity (Wildman–Crippen MR) is 70.4 cm³/mol. The van der Waals surface area contributed by atoms with Gasteiger partial charge in [0.1, 0.15) is 6.54 Å². The highest BCUT2D eigenvalue weighted by molar-refractivity contribution is 5.92. The fourth-order valence-electron chi connectivity index (χ4n) is 2.12. The highest BCUT2D eigenvalue weighted by Gasteiger charge is 2.18. The number of carbonyl (C=O) groups excluding carboxylic acids is 2. The fourth-order valence-corrected chi connectivity index (χ4v) is 2.12. The molecule has 114 valence electrons. The number of aromatic nitrogens is 3. The van der Waals surface area contributed by atoms with Crippen molar-refractivity contribution in [2.45, 2.75) is 25.8 Å². The standard InChI is InChI=1S/C12H17N5O4/c18-10(16-5-1-2-6-16)3-4-13-12(21)9-7-17(15-14-9)8-11(19)20/h7H,1-6,8H2,(H,13,21)(H,19,20). The van der Waals surface area contributed by atoms with Gasteiger partial charge in [0, 0.05) is 26.1 Å². The number of rotatable bonds is 6. The van der Waals surface area contributed by atoms with Crippen LogP contribution in [0.1, 0.15) is 29.8 Å². The second-order valence-corrected chi connectivity index (χ2v) is 4.79. The van der Waals surface area contributed by atoms with Crippen LogP contribution in [-0.2, 0) is 16.1 Å². The minimum absolute atomic E-state index is 0.0299. The molecule has 9 heteroatoms. The van der Waals surface area contributed by atoms with Gasteiger partial charge in [0.15, 0.2) is 5.69 Å². The minimum atomic E-state index is -1.07. The third-order valence-electron chi connectivity index (χ3n) is 3.15. The number of hydrogen-bond acceptors (Lipinski definition) is 5. The molecule has 21 heavy (non-hydrogen) atoms. The van der Waals surface area contributed by atoms with E-state index in [-0.39, 0.29) is 31.1 Å². The molecule has 1 aromatic heterocycles. The van der Waals surface area contributed by atoms with E-state index in [4.69, 9.17) is 5.11 Å². The van der Waals surface area contributed by atoms with Crippen LogP contribution in [0.15, 0.2) is 6.20 Å². The molecule has 0 spiro atoms. The summed E-state index contributed by atoms with van der Waals surface area (Å²) in [6.45, 7) is 1.44. The van der Waals surface area contributed by atoms with E-state index >= 15 is 0 Å². The van der Waals surface area contributed by atoms with E-state index in [1.807, 2.05) is 0 Å². The number of nitrogens with one attached hydrogen (secondary N) is 1. The molecule has 2 amide bonds. The maximum absolute atomic E-state index is 11.8. The van der Waals surface area contributed by atoms with Crippen LogP contribution in [0.3, 0.4) is 0 Å². The molecule has 1 aliphatic heterocycles. The van der Waals surface area contributed by atoms with Crippen LogP contribution in [0.4, 0.5) is 0 Å². The zero-order chi connectivity index (χ0) is 15.2. The highest BCUT2D eigenvalue weighted by atomic mass is 16.4. The van der Waals surface area contributed by atoms with Gasteiger partial charge in [-0.05, 0) is 12.8 Å². The van der Waals surface area contributed by atoms with Gasteiger partial charge in [-0.1, -0.05) is 5.21 Å². The molecule has 0 unspecified atom stereocenters. The quantitative estimate of drug-likeness (QED) is 0.702. The Morgan fingerprint density at radius 1 is 1.29 bits per heavy atom. The van der Waals surface area contributed by atoms with Gasteiger partial charge in [-0.2, -0.15) is 0 Å². The summed E-state index contributed by atoms with van der Waals surface area (Å²) in [5, 5.41) is 18.3.